The van der Waals surface area contributed by atoms with Gasteiger partial charge in [0.25, 0.3) is 0 Å². The summed E-state index contributed by atoms with van der Waals surface area (Å²) < 4.78 is 36.5. The SMILES string of the molecule is COC(=O)c1ccc(COC(=O)C2CCN(S(=O)(=O)/C=C/c3ccccc3)CC2)cc1. The maximum absolute atomic E-state index is 12.5. The van der Waals surface area contributed by atoms with Crippen LogP contribution in [-0.4, -0.2) is 44.9 Å². The van der Waals surface area contributed by atoms with Crippen molar-refractivity contribution in [1.82, 2.24) is 4.31 Å². The van der Waals surface area contributed by atoms with Gasteiger partial charge < -0.3 is 9.47 Å². The maximum atomic E-state index is 12.5. The number of piperidine rings is 1. The number of hydrogen-bond acceptors (Lipinski definition) is 6. The second-order valence-electron chi connectivity index (χ2n) is 7.23. The van der Waals surface area contributed by atoms with Crippen molar-refractivity contribution in [2.45, 2.75) is 19.4 Å². The molecule has 0 N–H and O–H groups in total. The van der Waals surface area contributed by atoms with E-state index in [9.17, 15) is 18.0 Å². The standard InChI is InChI=1S/C23H25NO6S/c1-29-22(25)20-9-7-19(8-10-20)17-30-23(26)21-11-14-24(15-12-21)31(27,28)16-13-18-5-3-2-4-6-18/h2-10,13,16,21H,11-12,14-15,17H2,1H3/b16-13+. The van der Waals surface area contributed by atoms with E-state index in [0.29, 0.717) is 18.4 Å². The van der Waals surface area contributed by atoms with Crippen LogP contribution in [0.1, 0.15) is 34.3 Å². The predicted molar refractivity (Wildman–Crippen MR) is 116 cm³/mol. The highest BCUT2D eigenvalue weighted by Gasteiger charge is 2.30. The largest absolute Gasteiger partial charge is 0.465 e. The lowest BCUT2D eigenvalue weighted by atomic mass is 9.98. The Morgan fingerprint density at radius 1 is 1.03 bits per heavy atom. The molecule has 1 fully saturated rings. The van der Waals surface area contributed by atoms with Crippen molar-refractivity contribution in [3.63, 3.8) is 0 Å². The van der Waals surface area contributed by atoms with E-state index in [1.54, 1.807) is 30.3 Å². The summed E-state index contributed by atoms with van der Waals surface area (Å²) >= 11 is 0. The van der Waals surface area contributed by atoms with Gasteiger partial charge in [-0.1, -0.05) is 42.5 Å². The van der Waals surface area contributed by atoms with Gasteiger partial charge in [-0.25, -0.2) is 13.2 Å². The Morgan fingerprint density at radius 3 is 2.29 bits per heavy atom. The zero-order chi connectivity index (χ0) is 22.3. The predicted octanol–water partition coefficient (Wildman–Crippen LogP) is 3.23. The van der Waals surface area contributed by atoms with E-state index in [4.69, 9.17) is 4.74 Å². The first kappa shape index (κ1) is 22.7. The molecule has 2 aromatic rings. The Labute approximate surface area is 182 Å². The fraction of sp³-hybridized carbons (Fsp3) is 0.304. The van der Waals surface area contributed by atoms with Gasteiger partial charge in [0, 0.05) is 18.5 Å². The molecule has 3 rings (SSSR count). The molecule has 164 valence electrons. The fourth-order valence-corrected chi connectivity index (χ4v) is 4.51. The summed E-state index contributed by atoms with van der Waals surface area (Å²) in [6, 6.07) is 15.8. The zero-order valence-corrected chi connectivity index (χ0v) is 18.1. The number of nitrogens with zero attached hydrogens (tertiary/aromatic N) is 1. The number of esters is 2. The molecule has 0 radical (unpaired) electrons. The van der Waals surface area contributed by atoms with E-state index >= 15 is 0 Å². The molecule has 1 aliphatic heterocycles. The quantitative estimate of drug-likeness (QED) is 0.611. The molecule has 0 aromatic heterocycles. The maximum Gasteiger partial charge on any atom is 0.337 e. The molecule has 2 aromatic carbocycles. The van der Waals surface area contributed by atoms with Gasteiger partial charge in [0.05, 0.1) is 18.6 Å². The number of benzene rings is 2. The Kier molecular flexibility index (Phi) is 7.59. The van der Waals surface area contributed by atoms with Gasteiger partial charge >= 0.3 is 11.9 Å². The third-order valence-corrected chi connectivity index (χ3v) is 6.70. The Balaban J connectivity index is 1.48. The van der Waals surface area contributed by atoms with Crippen LogP contribution >= 0.6 is 0 Å². The second kappa shape index (κ2) is 10.4. The van der Waals surface area contributed by atoms with Crippen LogP contribution in [0.5, 0.6) is 0 Å². The topological polar surface area (TPSA) is 90.0 Å². The lowest BCUT2D eigenvalue weighted by Crippen LogP contribution is -2.39. The average molecular weight is 444 g/mol. The molecule has 1 aliphatic rings. The number of carbonyl (C=O) groups excluding carboxylic acids is 2. The number of methoxy groups -OCH3 is 1. The second-order valence-corrected chi connectivity index (χ2v) is 9.05. The minimum absolute atomic E-state index is 0.0958. The first-order valence-electron chi connectivity index (χ1n) is 9.96. The Morgan fingerprint density at radius 2 is 1.68 bits per heavy atom. The molecule has 0 bridgehead atoms. The number of rotatable bonds is 7. The van der Waals surface area contributed by atoms with Crippen LogP contribution in [0.2, 0.25) is 0 Å². The Hall–Kier alpha value is -2.97. The van der Waals surface area contributed by atoms with Crippen LogP contribution < -0.4 is 0 Å². The van der Waals surface area contributed by atoms with Crippen LogP contribution in [0, 0.1) is 5.92 Å². The summed E-state index contributed by atoms with van der Waals surface area (Å²) in [5, 5.41) is 1.21. The smallest absolute Gasteiger partial charge is 0.337 e. The fourth-order valence-electron chi connectivity index (χ4n) is 3.29. The van der Waals surface area contributed by atoms with Gasteiger partial charge in [-0.3, -0.25) is 4.79 Å². The summed E-state index contributed by atoms with van der Waals surface area (Å²) in [5.74, 6) is -1.10. The molecule has 31 heavy (non-hydrogen) atoms. The lowest BCUT2D eigenvalue weighted by molar-refractivity contribution is -0.151. The van der Waals surface area contributed by atoms with Crippen molar-refractivity contribution < 1.29 is 27.5 Å². The molecular weight excluding hydrogens is 418 g/mol. The van der Waals surface area contributed by atoms with Crippen LogP contribution in [0.4, 0.5) is 0 Å². The van der Waals surface area contributed by atoms with Crippen molar-refractivity contribution >= 4 is 28.0 Å². The van der Waals surface area contributed by atoms with E-state index in [2.05, 4.69) is 4.74 Å². The van der Waals surface area contributed by atoms with Crippen LogP contribution in [0.3, 0.4) is 0 Å². The molecule has 0 saturated carbocycles. The molecule has 1 saturated heterocycles. The highest BCUT2D eigenvalue weighted by molar-refractivity contribution is 7.92. The third kappa shape index (κ3) is 6.26. The average Bonchev–Trinajstić information content (AvgIpc) is 2.82. The zero-order valence-electron chi connectivity index (χ0n) is 17.3. The van der Waals surface area contributed by atoms with Crippen LogP contribution in [-0.2, 0) is 30.9 Å². The van der Waals surface area contributed by atoms with E-state index in [1.807, 2.05) is 30.3 Å². The molecule has 0 aliphatic carbocycles. The van der Waals surface area contributed by atoms with Gasteiger partial charge in [0.2, 0.25) is 10.0 Å². The molecule has 1 heterocycles. The van der Waals surface area contributed by atoms with Crippen molar-refractivity contribution in [3.05, 3.63) is 76.7 Å². The molecule has 0 amide bonds. The number of hydrogen-bond donors (Lipinski definition) is 0. The first-order valence-corrected chi connectivity index (χ1v) is 11.5. The van der Waals surface area contributed by atoms with Gasteiger partial charge in [-0.15, -0.1) is 0 Å². The third-order valence-electron chi connectivity index (χ3n) is 5.14. The number of ether oxygens (including phenoxy) is 2. The van der Waals surface area contributed by atoms with Gasteiger partial charge in [-0.2, -0.15) is 4.31 Å². The number of carbonyl (C=O) groups is 2. The lowest BCUT2D eigenvalue weighted by Gasteiger charge is -2.29. The summed E-state index contributed by atoms with van der Waals surface area (Å²) in [6.45, 7) is 0.642. The van der Waals surface area contributed by atoms with E-state index in [-0.39, 0.29) is 31.6 Å². The van der Waals surface area contributed by atoms with E-state index in [1.165, 1.54) is 16.8 Å². The van der Waals surface area contributed by atoms with Crippen LogP contribution in [0.15, 0.2) is 60.0 Å². The van der Waals surface area contributed by atoms with E-state index in [0.717, 1.165) is 11.1 Å². The highest BCUT2D eigenvalue weighted by Crippen LogP contribution is 2.22. The van der Waals surface area contributed by atoms with Gasteiger partial charge in [0.1, 0.15) is 6.61 Å². The van der Waals surface area contributed by atoms with Crippen LogP contribution in [0.25, 0.3) is 6.08 Å². The minimum atomic E-state index is -3.54. The summed E-state index contributed by atoms with van der Waals surface area (Å²) in [4.78, 5) is 23.8. The first-order chi connectivity index (χ1) is 14.9. The molecule has 0 spiro atoms. The number of sulfonamides is 1. The molecule has 0 unspecified atom stereocenters. The Bertz CT molecular complexity index is 1020. The van der Waals surface area contributed by atoms with E-state index < -0.39 is 16.0 Å². The molecule has 7 nitrogen and oxygen atoms in total. The van der Waals surface area contributed by atoms with Gasteiger partial charge in [-0.05, 0) is 42.2 Å². The van der Waals surface area contributed by atoms with Crippen molar-refractivity contribution in [3.8, 4) is 0 Å². The monoisotopic (exact) mass is 443 g/mol. The minimum Gasteiger partial charge on any atom is -0.465 e. The summed E-state index contributed by atoms with van der Waals surface area (Å²) in [5.41, 5.74) is 1.99. The summed E-state index contributed by atoms with van der Waals surface area (Å²) in [7, 11) is -2.22. The highest BCUT2D eigenvalue weighted by atomic mass is 32.2. The molecule has 8 heteroatoms. The summed E-state index contributed by atoms with van der Waals surface area (Å²) in [6.07, 6.45) is 2.40. The normalized spacial score (nSPS) is 15.6. The molecular formula is C23H25NO6S. The molecule has 0 atom stereocenters. The van der Waals surface area contributed by atoms with Crippen molar-refractivity contribution in [2.24, 2.45) is 5.92 Å². The van der Waals surface area contributed by atoms with Crippen molar-refractivity contribution in [2.75, 3.05) is 20.2 Å². The van der Waals surface area contributed by atoms with Gasteiger partial charge in [0.15, 0.2) is 0 Å². The van der Waals surface area contributed by atoms with Crippen molar-refractivity contribution in [1.29, 1.82) is 0 Å².